The molecule has 98 valence electrons. The Bertz CT molecular complexity index is 456. The van der Waals surface area contributed by atoms with Gasteiger partial charge in [-0.15, -0.1) is 0 Å². The summed E-state index contributed by atoms with van der Waals surface area (Å²) in [5, 5.41) is 12.0. The third kappa shape index (κ3) is 4.24. The first kappa shape index (κ1) is 14.3. The Morgan fingerprint density at radius 1 is 1.33 bits per heavy atom. The molecule has 0 fully saturated rings. The number of carboxylic acids is 1. The lowest BCUT2D eigenvalue weighted by Gasteiger charge is -2.23. The molecule has 18 heavy (non-hydrogen) atoms. The highest BCUT2D eigenvalue weighted by Crippen LogP contribution is 2.29. The Kier molecular flexibility index (Phi) is 4.54. The van der Waals surface area contributed by atoms with Crippen molar-refractivity contribution in [2.75, 3.05) is 11.9 Å². The van der Waals surface area contributed by atoms with Crippen molar-refractivity contribution in [1.82, 2.24) is 0 Å². The fourth-order valence-corrected chi connectivity index (χ4v) is 1.79. The third-order valence-electron chi connectivity index (χ3n) is 2.66. The van der Waals surface area contributed by atoms with Crippen LogP contribution in [0.3, 0.4) is 0 Å². The van der Waals surface area contributed by atoms with E-state index in [2.05, 4.69) is 32.2 Å². The molecule has 0 heterocycles. The second-order valence-electron chi connectivity index (χ2n) is 5.48. The SMILES string of the molecule is C/C(=C/C(=O)O)CNc1ccccc1C(C)(C)C. The zero-order valence-corrected chi connectivity index (χ0v) is 11.4. The van der Waals surface area contributed by atoms with Gasteiger partial charge in [0, 0.05) is 18.3 Å². The molecular formula is C15H21NO2. The van der Waals surface area contributed by atoms with Gasteiger partial charge in [0.1, 0.15) is 0 Å². The van der Waals surface area contributed by atoms with Crippen molar-refractivity contribution >= 4 is 11.7 Å². The first-order valence-corrected chi connectivity index (χ1v) is 6.04. The second kappa shape index (κ2) is 5.71. The van der Waals surface area contributed by atoms with E-state index < -0.39 is 5.97 Å². The number of nitrogens with one attached hydrogen (secondary N) is 1. The van der Waals surface area contributed by atoms with Gasteiger partial charge in [-0.1, -0.05) is 39.0 Å². The first-order valence-electron chi connectivity index (χ1n) is 6.04. The van der Waals surface area contributed by atoms with Crippen LogP contribution in [-0.2, 0) is 10.2 Å². The molecule has 0 saturated carbocycles. The van der Waals surface area contributed by atoms with Gasteiger partial charge in [-0.25, -0.2) is 4.79 Å². The zero-order chi connectivity index (χ0) is 13.8. The highest BCUT2D eigenvalue weighted by molar-refractivity contribution is 5.80. The summed E-state index contributed by atoms with van der Waals surface area (Å²) in [6, 6.07) is 8.12. The maximum absolute atomic E-state index is 10.5. The normalized spacial score (nSPS) is 12.3. The van der Waals surface area contributed by atoms with E-state index >= 15 is 0 Å². The fourth-order valence-electron chi connectivity index (χ4n) is 1.79. The van der Waals surface area contributed by atoms with Crippen LogP contribution in [0.2, 0.25) is 0 Å². The summed E-state index contributed by atoms with van der Waals surface area (Å²) in [6.45, 7) is 8.83. The quantitative estimate of drug-likeness (QED) is 0.801. The van der Waals surface area contributed by atoms with Crippen LogP contribution in [0.1, 0.15) is 33.3 Å². The summed E-state index contributed by atoms with van der Waals surface area (Å²) in [4.78, 5) is 10.5. The number of hydrogen-bond donors (Lipinski definition) is 2. The van der Waals surface area contributed by atoms with E-state index in [4.69, 9.17) is 5.11 Å². The van der Waals surface area contributed by atoms with Gasteiger partial charge in [0.05, 0.1) is 0 Å². The molecule has 0 atom stereocenters. The van der Waals surface area contributed by atoms with E-state index in [-0.39, 0.29) is 5.41 Å². The van der Waals surface area contributed by atoms with Crippen LogP contribution >= 0.6 is 0 Å². The smallest absolute Gasteiger partial charge is 0.328 e. The molecule has 2 N–H and O–H groups in total. The topological polar surface area (TPSA) is 49.3 Å². The van der Waals surface area contributed by atoms with Gasteiger partial charge >= 0.3 is 5.97 Å². The van der Waals surface area contributed by atoms with Crippen molar-refractivity contribution in [3.63, 3.8) is 0 Å². The van der Waals surface area contributed by atoms with E-state index in [1.54, 1.807) is 6.92 Å². The number of para-hydroxylation sites is 1. The fraction of sp³-hybridized carbons (Fsp3) is 0.400. The van der Waals surface area contributed by atoms with E-state index in [9.17, 15) is 4.79 Å². The van der Waals surface area contributed by atoms with E-state index in [1.807, 2.05) is 18.2 Å². The van der Waals surface area contributed by atoms with Crippen LogP contribution in [-0.4, -0.2) is 17.6 Å². The lowest BCUT2D eigenvalue weighted by molar-refractivity contribution is -0.131. The average molecular weight is 247 g/mol. The Morgan fingerprint density at radius 2 is 1.94 bits per heavy atom. The molecule has 0 spiro atoms. The molecule has 1 aromatic rings. The highest BCUT2D eigenvalue weighted by Gasteiger charge is 2.16. The Balaban J connectivity index is 2.83. The lowest BCUT2D eigenvalue weighted by atomic mass is 9.86. The molecule has 1 aromatic carbocycles. The Morgan fingerprint density at radius 3 is 2.50 bits per heavy atom. The summed E-state index contributed by atoms with van der Waals surface area (Å²) in [6.07, 6.45) is 1.23. The van der Waals surface area contributed by atoms with Crippen LogP contribution in [0.25, 0.3) is 0 Å². The molecule has 0 bridgehead atoms. The molecule has 0 aliphatic heterocycles. The Labute approximate surface area is 109 Å². The first-order chi connectivity index (χ1) is 8.30. The Hall–Kier alpha value is -1.77. The van der Waals surface area contributed by atoms with Crippen LogP contribution in [0, 0.1) is 0 Å². The predicted octanol–water partition coefficient (Wildman–Crippen LogP) is 3.43. The van der Waals surface area contributed by atoms with Gasteiger partial charge < -0.3 is 10.4 Å². The monoisotopic (exact) mass is 247 g/mol. The van der Waals surface area contributed by atoms with Crippen LogP contribution in [0.5, 0.6) is 0 Å². The minimum atomic E-state index is -0.904. The molecule has 0 amide bonds. The standard InChI is InChI=1S/C15H21NO2/c1-11(9-14(17)18)10-16-13-8-6-5-7-12(13)15(2,3)4/h5-9,16H,10H2,1-4H3,(H,17,18)/b11-9-. The number of benzene rings is 1. The second-order valence-corrected chi connectivity index (χ2v) is 5.48. The molecule has 1 rings (SSSR count). The molecule has 0 radical (unpaired) electrons. The molecule has 0 aliphatic rings. The summed E-state index contributed by atoms with van der Waals surface area (Å²) in [5.74, 6) is -0.904. The van der Waals surface area contributed by atoms with E-state index in [0.717, 1.165) is 11.3 Å². The molecule has 0 unspecified atom stereocenters. The van der Waals surface area contributed by atoms with Crippen molar-refractivity contribution in [2.45, 2.75) is 33.1 Å². The summed E-state index contributed by atoms with van der Waals surface area (Å²) < 4.78 is 0. The maximum atomic E-state index is 10.5. The van der Waals surface area contributed by atoms with Gasteiger partial charge in [-0.3, -0.25) is 0 Å². The lowest BCUT2D eigenvalue weighted by Crippen LogP contribution is -2.15. The summed E-state index contributed by atoms with van der Waals surface area (Å²) >= 11 is 0. The van der Waals surface area contributed by atoms with Gasteiger partial charge in [0.15, 0.2) is 0 Å². The van der Waals surface area contributed by atoms with Gasteiger partial charge in [0.2, 0.25) is 0 Å². The van der Waals surface area contributed by atoms with Crippen molar-refractivity contribution in [3.8, 4) is 0 Å². The molecule has 3 heteroatoms. The minimum absolute atomic E-state index is 0.0635. The van der Waals surface area contributed by atoms with Crippen molar-refractivity contribution in [1.29, 1.82) is 0 Å². The number of carboxylic acid groups (broad SMARTS) is 1. The van der Waals surface area contributed by atoms with Gasteiger partial charge in [0.25, 0.3) is 0 Å². The van der Waals surface area contributed by atoms with Gasteiger partial charge in [-0.05, 0) is 29.5 Å². The van der Waals surface area contributed by atoms with Crippen molar-refractivity contribution in [2.24, 2.45) is 0 Å². The average Bonchev–Trinajstić information content (AvgIpc) is 2.24. The molecular weight excluding hydrogens is 226 g/mol. The number of carbonyl (C=O) groups is 1. The zero-order valence-electron chi connectivity index (χ0n) is 11.4. The number of rotatable bonds is 4. The number of anilines is 1. The minimum Gasteiger partial charge on any atom is -0.478 e. The van der Waals surface area contributed by atoms with Crippen LogP contribution in [0.15, 0.2) is 35.9 Å². The molecule has 0 aliphatic carbocycles. The highest BCUT2D eigenvalue weighted by atomic mass is 16.4. The van der Waals surface area contributed by atoms with Crippen molar-refractivity contribution in [3.05, 3.63) is 41.5 Å². The molecule has 0 aromatic heterocycles. The predicted molar refractivity (Wildman–Crippen MR) is 75.0 cm³/mol. The van der Waals surface area contributed by atoms with E-state index in [1.165, 1.54) is 11.6 Å². The third-order valence-corrected chi connectivity index (χ3v) is 2.66. The molecule has 3 nitrogen and oxygen atoms in total. The van der Waals surface area contributed by atoms with Crippen LogP contribution < -0.4 is 5.32 Å². The summed E-state index contributed by atoms with van der Waals surface area (Å²) in [5.41, 5.74) is 3.15. The number of hydrogen-bond acceptors (Lipinski definition) is 2. The number of aliphatic carboxylic acids is 1. The maximum Gasteiger partial charge on any atom is 0.328 e. The van der Waals surface area contributed by atoms with Crippen molar-refractivity contribution < 1.29 is 9.90 Å². The summed E-state index contributed by atoms with van der Waals surface area (Å²) in [7, 11) is 0. The van der Waals surface area contributed by atoms with E-state index in [0.29, 0.717) is 6.54 Å². The van der Waals surface area contributed by atoms with Gasteiger partial charge in [-0.2, -0.15) is 0 Å². The van der Waals surface area contributed by atoms with Crippen LogP contribution in [0.4, 0.5) is 5.69 Å². The molecule has 0 saturated heterocycles. The largest absolute Gasteiger partial charge is 0.478 e.